The Labute approximate surface area is 176 Å². The normalized spacial score (nSPS) is 15.1. The molecule has 1 heterocycles. The average Bonchev–Trinajstić information content (AvgIpc) is 3.11. The number of benzene rings is 4. The molecule has 0 aromatic heterocycles. The van der Waals surface area contributed by atoms with E-state index < -0.39 is 0 Å². The second-order valence-corrected chi connectivity index (χ2v) is 7.43. The van der Waals surface area contributed by atoms with Gasteiger partial charge in [0.15, 0.2) is 0 Å². The molecule has 146 valence electrons. The average molecular weight is 390 g/mol. The Morgan fingerprint density at radius 1 is 0.667 bits per heavy atom. The molecule has 0 saturated heterocycles. The zero-order valence-corrected chi connectivity index (χ0v) is 16.6. The number of anilines is 2. The Bertz CT molecular complexity index is 1140. The topological polar surface area (TPSA) is 23.6 Å². The highest BCUT2D eigenvalue weighted by atomic mass is 16.2. The lowest BCUT2D eigenvalue weighted by Gasteiger charge is -2.34. The van der Waals surface area contributed by atoms with Crippen LogP contribution in [-0.4, -0.2) is 5.91 Å². The fourth-order valence-electron chi connectivity index (χ4n) is 4.15. The molecule has 0 saturated carbocycles. The minimum absolute atomic E-state index is 0.0715. The van der Waals surface area contributed by atoms with Crippen LogP contribution in [-0.2, 0) is 11.3 Å². The molecule has 4 aromatic carbocycles. The van der Waals surface area contributed by atoms with E-state index in [0.29, 0.717) is 6.54 Å². The van der Waals surface area contributed by atoms with Crippen molar-refractivity contribution in [2.75, 3.05) is 10.0 Å². The maximum Gasteiger partial charge on any atom is 0.257 e. The van der Waals surface area contributed by atoms with E-state index in [1.165, 1.54) is 0 Å². The summed E-state index contributed by atoms with van der Waals surface area (Å²) in [6.45, 7) is 0.604. The van der Waals surface area contributed by atoms with E-state index in [0.717, 1.165) is 28.1 Å². The van der Waals surface area contributed by atoms with Gasteiger partial charge in [0.1, 0.15) is 0 Å². The summed E-state index contributed by atoms with van der Waals surface area (Å²) in [6.07, 6.45) is 0. The van der Waals surface area contributed by atoms with Crippen LogP contribution in [0.1, 0.15) is 22.6 Å². The number of hydrogen-bond donors (Lipinski definition) is 0. The van der Waals surface area contributed by atoms with Gasteiger partial charge in [-0.25, -0.2) is 5.01 Å². The van der Waals surface area contributed by atoms with Crippen LogP contribution in [0.3, 0.4) is 0 Å². The molecule has 0 aliphatic carbocycles. The maximum atomic E-state index is 13.9. The second kappa shape index (κ2) is 7.88. The van der Waals surface area contributed by atoms with E-state index in [1.807, 2.05) is 89.9 Å². The first-order chi connectivity index (χ1) is 14.8. The minimum atomic E-state index is -0.301. The first-order valence-electron chi connectivity index (χ1n) is 10.2. The fourth-order valence-corrected chi connectivity index (χ4v) is 4.15. The summed E-state index contributed by atoms with van der Waals surface area (Å²) in [5, 5.41) is 3.94. The van der Waals surface area contributed by atoms with Crippen molar-refractivity contribution in [1.82, 2.24) is 0 Å². The summed E-state index contributed by atoms with van der Waals surface area (Å²) in [6, 6.07) is 38.5. The molecular weight excluding hydrogens is 368 g/mol. The first kappa shape index (κ1) is 18.2. The van der Waals surface area contributed by atoms with Crippen LogP contribution in [0.4, 0.5) is 11.4 Å². The van der Waals surface area contributed by atoms with Crippen LogP contribution >= 0.6 is 0 Å². The van der Waals surface area contributed by atoms with Crippen LogP contribution in [0.15, 0.2) is 115 Å². The third-order valence-electron chi connectivity index (χ3n) is 5.54. The Hall–Kier alpha value is -3.85. The second-order valence-electron chi connectivity index (χ2n) is 7.43. The number of rotatable bonds is 5. The fraction of sp³-hybridized carbons (Fsp3) is 0.0741. The lowest BCUT2D eigenvalue weighted by Crippen LogP contribution is -2.45. The summed E-state index contributed by atoms with van der Waals surface area (Å²) in [5.41, 5.74) is 5.14. The van der Waals surface area contributed by atoms with Crippen molar-refractivity contribution in [3.63, 3.8) is 0 Å². The summed E-state index contributed by atoms with van der Waals surface area (Å²) in [7, 11) is 0. The molecule has 5 rings (SSSR count). The SMILES string of the molecule is O=C1[C@@H](c2ccccc2)c2ccccc2N1N(Cc1ccccc1)c1ccccc1. The Kier molecular flexibility index (Phi) is 4.78. The number of carbonyl (C=O) groups excluding carboxylic acids is 1. The summed E-state index contributed by atoms with van der Waals surface area (Å²) >= 11 is 0. The molecule has 0 N–H and O–H groups in total. The quantitative estimate of drug-likeness (QED) is 0.431. The smallest absolute Gasteiger partial charge is 0.257 e. The molecule has 0 fully saturated rings. The molecule has 1 aliphatic heterocycles. The van der Waals surface area contributed by atoms with Gasteiger partial charge in [-0.2, -0.15) is 0 Å². The highest BCUT2D eigenvalue weighted by molar-refractivity contribution is 6.08. The predicted molar refractivity (Wildman–Crippen MR) is 121 cm³/mol. The lowest BCUT2D eigenvalue weighted by molar-refractivity contribution is -0.118. The van der Waals surface area contributed by atoms with Gasteiger partial charge in [0, 0.05) is 0 Å². The van der Waals surface area contributed by atoms with Crippen LogP contribution in [0.2, 0.25) is 0 Å². The number of nitrogens with zero attached hydrogens (tertiary/aromatic N) is 2. The molecule has 3 heteroatoms. The molecule has 0 unspecified atom stereocenters. The van der Waals surface area contributed by atoms with Crippen molar-refractivity contribution in [2.45, 2.75) is 12.5 Å². The van der Waals surface area contributed by atoms with Gasteiger partial charge in [0.05, 0.1) is 23.8 Å². The molecular formula is C27H22N2O. The summed E-state index contributed by atoms with van der Waals surface area (Å²) in [4.78, 5) is 13.9. The highest BCUT2D eigenvalue weighted by Gasteiger charge is 2.41. The lowest BCUT2D eigenvalue weighted by atomic mass is 9.93. The number of hydrogen-bond acceptors (Lipinski definition) is 2. The van der Waals surface area contributed by atoms with E-state index in [4.69, 9.17) is 0 Å². The number of carbonyl (C=O) groups is 1. The van der Waals surface area contributed by atoms with E-state index in [-0.39, 0.29) is 11.8 Å². The molecule has 30 heavy (non-hydrogen) atoms. The summed E-state index contributed by atoms with van der Waals surface area (Å²) in [5.74, 6) is -0.230. The molecule has 0 radical (unpaired) electrons. The first-order valence-corrected chi connectivity index (χ1v) is 10.2. The largest absolute Gasteiger partial charge is 0.274 e. The van der Waals surface area contributed by atoms with Crippen molar-refractivity contribution in [2.24, 2.45) is 0 Å². The molecule has 0 spiro atoms. The van der Waals surface area contributed by atoms with Gasteiger partial charge in [0.2, 0.25) is 0 Å². The van der Waals surface area contributed by atoms with Gasteiger partial charge in [0.25, 0.3) is 5.91 Å². The summed E-state index contributed by atoms with van der Waals surface area (Å²) < 4.78 is 0. The van der Waals surface area contributed by atoms with Crippen molar-refractivity contribution in [1.29, 1.82) is 0 Å². The number of para-hydroxylation sites is 2. The van der Waals surface area contributed by atoms with E-state index >= 15 is 0 Å². The van der Waals surface area contributed by atoms with E-state index in [9.17, 15) is 4.79 Å². The van der Waals surface area contributed by atoms with Gasteiger partial charge in [-0.05, 0) is 34.9 Å². The highest BCUT2D eigenvalue weighted by Crippen LogP contribution is 2.43. The monoisotopic (exact) mass is 390 g/mol. The molecule has 1 amide bonds. The Morgan fingerprint density at radius 3 is 1.93 bits per heavy atom. The number of amides is 1. The Morgan fingerprint density at radius 2 is 1.23 bits per heavy atom. The third-order valence-corrected chi connectivity index (χ3v) is 5.54. The molecule has 0 bridgehead atoms. The van der Waals surface area contributed by atoms with Crippen molar-refractivity contribution < 1.29 is 4.79 Å². The van der Waals surface area contributed by atoms with Crippen LogP contribution in [0.25, 0.3) is 0 Å². The Balaban J connectivity index is 1.63. The van der Waals surface area contributed by atoms with Crippen molar-refractivity contribution in [3.8, 4) is 0 Å². The molecule has 1 aliphatic rings. The number of fused-ring (bicyclic) bond motifs is 1. The van der Waals surface area contributed by atoms with Crippen LogP contribution < -0.4 is 10.0 Å². The van der Waals surface area contributed by atoms with Gasteiger partial charge in [-0.1, -0.05) is 97.1 Å². The minimum Gasteiger partial charge on any atom is -0.274 e. The van der Waals surface area contributed by atoms with Gasteiger partial charge < -0.3 is 0 Å². The van der Waals surface area contributed by atoms with Crippen molar-refractivity contribution in [3.05, 3.63) is 132 Å². The molecule has 1 atom stereocenters. The third kappa shape index (κ3) is 3.25. The van der Waals surface area contributed by atoms with Gasteiger partial charge in [-0.15, -0.1) is 0 Å². The standard InChI is InChI=1S/C27H22N2O/c30-27-26(22-14-6-2-7-15-22)24-18-10-11-19-25(24)29(27)28(23-16-8-3-9-17-23)20-21-12-4-1-5-13-21/h1-19,26H,20H2/t26-/m0/s1. The van der Waals surface area contributed by atoms with Crippen molar-refractivity contribution >= 4 is 17.3 Å². The van der Waals surface area contributed by atoms with Gasteiger partial charge >= 0.3 is 0 Å². The zero-order valence-electron chi connectivity index (χ0n) is 16.6. The molecule has 3 nitrogen and oxygen atoms in total. The van der Waals surface area contributed by atoms with Crippen LogP contribution in [0, 0.1) is 0 Å². The molecule has 4 aromatic rings. The number of hydrazine groups is 1. The van der Waals surface area contributed by atoms with E-state index in [1.54, 1.807) is 0 Å². The maximum absolute atomic E-state index is 13.9. The van der Waals surface area contributed by atoms with Crippen LogP contribution in [0.5, 0.6) is 0 Å². The van der Waals surface area contributed by atoms with Gasteiger partial charge in [-0.3, -0.25) is 9.80 Å². The predicted octanol–water partition coefficient (Wildman–Crippen LogP) is 5.79. The zero-order chi connectivity index (χ0) is 20.3. The van der Waals surface area contributed by atoms with E-state index in [2.05, 4.69) is 35.3 Å².